The molecule has 0 amide bonds. The average Bonchev–Trinajstić information content (AvgIpc) is 3.04. The monoisotopic (exact) mass is 356 g/mol. The van der Waals surface area contributed by atoms with Gasteiger partial charge in [-0.2, -0.15) is 5.43 Å². The number of nitrogens with one attached hydrogen (secondary N) is 2. The van der Waals surface area contributed by atoms with Crippen LogP contribution in [0.4, 0.5) is 5.69 Å². The summed E-state index contributed by atoms with van der Waals surface area (Å²) in [6.07, 6.45) is 1.75. The Labute approximate surface area is 153 Å². The maximum atomic E-state index is 6.33. The number of guanidine groups is 1. The van der Waals surface area contributed by atoms with E-state index in [9.17, 15) is 0 Å². The van der Waals surface area contributed by atoms with Crippen molar-refractivity contribution >= 4 is 29.5 Å². The summed E-state index contributed by atoms with van der Waals surface area (Å²) in [6, 6.07) is 16.3. The van der Waals surface area contributed by atoms with Gasteiger partial charge < -0.3 is 4.90 Å². The van der Waals surface area contributed by atoms with Gasteiger partial charge in [-0.25, -0.2) is 0 Å². The van der Waals surface area contributed by atoms with E-state index in [-0.39, 0.29) is 0 Å². The van der Waals surface area contributed by atoms with Crippen molar-refractivity contribution in [3.8, 4) is 0 Å². The van der Waals surface area contributed by atoms with Gasteiger partial charge >= 0.3 is 5.96 Å². The van der Waals surface area contributed by atoms with E-state index in [1.807, 2.05) is 43.3 Å². The summed E-state index contributed by atoms with van der Waals surface area (Å²) in [5, 5.41) is 8.35. The van der Waals surface area contributed by atoms with E-state index in [1.165, 1.54) is 5.56 Å². The van der Waals surface area contributed by atoms with E-state index < -0.39 is 0 Å². The van der Waals surface area contributed by atoms with Gasteiger partial charge in [0.1, 0.15) is 0 Å². The third-order valence-corrected chi connectivity index (χ3v) is 4.41. The number of halogens is 1. The van der Waals surface area contributed by atoms with Crippen molar-refractivity contribution in [2.45, 2.75) is 6.54 Å². The Morgan fingerprint density at radius 1 is 1.24 bits per heavy atom. The molecule has 2 aromatic rings. The van der Waals surface area contributed by atoms with Crippen LogP contribution in [0, 0.1) is 0 Å². The molecule has 0 fully saturated rings. The Morgan fingerprint density at radius 3 is 2.76 bits per heavy atom. The quantitative estimate of drug-likeness (QED) is 0.491. The molecule has 0 unspecified atom stereocenters. The maximum Gasteiger partial charge on any atom is 0.370 e. The Balaban J connectivity index is 1.67. The summed E-state index contributed by atoms with van der Waals surface area (Å²) in [6.45, 7) is 2.71. The van der Waals surface area contributed by atoms with E-state index in [1.54, 1.807) is 6.21 Å². The van der Waals surface area contributed by atoms with Gasteiger partial charge in [-0.15, -0.1) is 5.10 Å². The second kappa shape index (κ2) is 8.03. The third kappa shape index (κ3) is 4.51. The second-order valence-corrected chi connectivity index (χ2v) is 6.56. The molecule has 0 bridgehead atoms. The second-order valence-electron chi connectivity index (χ2n) is 6.15. The van der Waals surface area contributed by atoms with Crippen LogP contribution in [0.2, 0.25) is 5.02 Å². The van der Waals surface area contributed by atoms with Crippen LogP contribution < -0.4 is 15.6 Å². The SMILES string of the molecule is CN(C)c1ccc(/C=N\NC2=[N+](Cc3ccccc3)CCN2)c(Cl)c1. The largest absolute Gasteiger partial charge is 0.378 e. The summed E-state index contributed by atoms with van der Waals surface area (Å²) in [4.78, 5) is 2.02. The van der Waals surface area contributed by atoms with Gasteiger partial charge in [0, 0.05) is 25.3 Å². The summed E-state index contributed by atoms with van der Waals surface area (Å²) in [5.41, 5.74) is 6.32. The molecule has 1 aliphatic heterocycles. The molecule has 0 aliphatic carbocycles. The minimum atomic E-state index is 0.683. The molecule has 2 aromatic carbocycles. The van der Waals surface area contributed by atoms with Crippen LogP contribution in [0.5, 0.6) is 0 Å². The zero-order valence-electron chi connectivity index (χ0n) is 14.5. The van der Waals surface area contributed by atoms with Gasteiger partial charge in [0.05, 0.1) is 30.9 Å². The van der Waals surface area contributed by atoms with Gasteiger partial charge in [0.15, 0.2) is 0 Å². The zero-order valence-corrected chi connectivity index (χ0v) is 15.3. The molecule has 0 radical (unpaired) electrons. The third-order valence-electron chi connectivity index (χ3n) is 4.08. The Kier molecular flexibility index (Phi) is 5.56. The first-order valence-electron chi connectivity index (χ1n) is 8.29. The van der Waals surface area contributed by atoms with Crippen LogP contribution in [0.15, 0.2) is 53.6 Å². The number of anilines is 1. The number of benzene rings is 2. The van der Waals surface area contributed by atoms with Crippen LogP contribution in [0.1, 0.15) is 11.1 Å². The Bertz CT molecular complexity index is 784. The fourth-order valence-corrected chi connectivity index (χ4v) is 2.89. The van der Waals surface area contributed by atoms with Crippen molar-refractivity contribution in [1.29, 1.82) is 0 Å². The maximum absolute atomic E-state index is 6.33. The molecule has 0 saturated heterocycles. The van der Waals surface area contributed by atoms with E-state index in [4.69, 9.17) is 11.6 Å². The highest BCUT2D eigenvalue weighted by Gasteiger charge is 2.19. The van der Waals surface area contributed by atoms with Gasteiger partial charge in [0.25, 0.3) is 0 Å². The van der Waals surface area contributed by atoms with Gasteiger partial charge in [-0.3, -0.25) is 9.89 Å². The zero-order chi connectivity index (χ0) is 17.6. The van der Waals surface area contributed by atoms with Crippen molar-refractivity contribution in [3.63, 3.8) is 0 Å². The summed E-state index contributed by atoms with van der Waals surface area (Å²) in [5.74, 6) is 0.918. The fourth-order valence-electron chi connectivity index (χ4n) is 2.67. The van der Waals surface area contributed by atoms with Crippen molar-refractivity contribution in [2.75, 3.05) is 32.1 Å². The van der Waals surface area contributed by atoms with Gasteiger partial charge in [-0.05, 0) is 23.8 Å². The molecule has 0 atom stereocenters. The number of hydrogen-bond donors (Lipinski definition) is 2. The number of hydrogen-bond acceptors (Lipinski definition) is 4. The summed E-state index contributed by atoms with van der Waals surface area (Å²) >= 11 is 6.33. The molecule has 1 aliphatic rings. The van der Waals surface area contributed by atoms with E-state index in [0.29, 0.717) is 5.02 Å². The molecular weight excluding hydrogens is 334 g/mol. The Morgan fingerprint density at radius 2 is 2.04 bits per heavy atom. The normalized spacial score (nSPS) is 14.0. The first-order valence-corrected chi connectivity index (χ1v) is 8.67. The van der Waals surface area contributed by atoms with Gasteiger partial charge in [-0.1, -0.05) is 41.9 Å². The molecule has 0 spiro atoms. The molecule has 25 heavy (non-hydrogen) atoms. The molecule has 6 heteroatoms. The van der Waals surface area contributed by atoms with E-state index in [0.717, 1.165) is 36.8 Å². The predicted octanol–water partition coefficient (Wildman–Crippen LogP) is 2.50. The fraction of sp³-hybridized carbons (Fsp3) is 0.263. The lowest BCUT2D eigenvalue weighted by Crippen LogP contribution is -2.34. The lowest BCUT2D eigenvalue weighted by Gasteiger charge is -2.12. The smallest absolute Gasteiger partial charge is 0.370 e. The first kappa shape index (κ1) is 17.3. The van der Waals surface area contributed by atoms with Crippen molar-refractivity contribution in [1.82, 2.24) is 10.7 Å². The Hall–Kier alpha value is -2.53. The molecule has 5 nitrogen and oxygen atoms in total. The summed E-state index contributed by atoms with van der Waals surface area (Å²) < 4.78 is 2.24. The average molecular weight is 357 g/mol. The molecule has 130 valence electrons. The van der Waals surface area contributed by atoms with Crippen LogP contribution >= 0.6 is 11.6 Å². The van der Waals surface area contributed by atoms with Crippen LogP contribution in [0.3, 0.4) is 0 Å². The van der Waals surface area contributed by atoms with E-state index in [2.05, 4.69) is 44.7 Å². The molecule has 1 heterocycles. The first-order chi connectivity index (χ1) is 12.1. The number of nitrogens with zero attached hydrogens (tertiary/aromatic N) is 3. The topological polar surface area (TPSA) is 42.7 Å². The minimum absolute atomic E-state index is 0.683. The highest BCUT2D eigenvalue weighted by atomic mass is 35.5. The highest BCUT2D eigenvalue weighted by molar-refractivity contribution is 6.33. The van der Waals surface area contributed by atoms with Crippen molar-refractivity contribution in [2.24, 2.45) is 5.10 Å². The van der Waals surface area contributed by atoms with Crippen LogP contribution in [-0.2, 0) is 6.54 Å². The number of rotatable bonds is 5. The van der Waals surface area contributed by atoms with Crippen molar-refractivity contribution < 1.29 is 4.58 Å². The van der Waals surface area contributed by atoms with Gasteiger partial charge in [0.2, 0.25) is 0 Å². The minimum Gasteiger partial charge on any atom is -0.378 e. The highest BCUT2D eigenvalue weighted by Crippen LogP contribution is 2.21. The number of hydrazone groups is 1. The molecular formula is C19H23ClN5+. The standard InChI is InChI=1S/C19H22ClN5/c1-24(2)17-9-8-16(18(20)12-17)13-22-23-19-21-10-11-25(19)14-15-6-4-3-5-7-15/h3-9,12-13H,10-11,14H2,1-2H3,(H,21,23)/p+1/b22-13-. The predicted molar refractivity (Wildman–Crippen MR) is 105 cm³/mol. The molecule has 0 saturated carbocycles. The molecule has 0 aromatic heterocycles. The van der Waals surface area contributed by atoms with Crippen LogP contribution in [-0.4, -0.2) is 43.9 Å². The summed E-state index contributed by atoms with van der Waals surface area (Å²) in [7, 11) is 3.98. The van der Waals surface area contributed by atoms with Crippen molar-refractivity contribution in [3.05, 3.63) is 64.7 Å². The van der Waals surface area contributed by atoms with Crippen LogP contribution in [0.25, 0.3) is 0 Å². The lowest BCUT2D eigenvalue weighted by molar-refractivity contribution is -0.536. The molecule has 2 N–H and O–H groups in total. The lowest BCUT2D eigenvalue weighted by atomic mass is 10.2. The molecule has 3 rings (SSSR count). The van der Waals surface area contributed by atoms with E-state index >= 15 is 0 Å².